The Bertz CT molecular complexity index is 133. The van der Waals surface area contributed by atoms with Crippen LogP contribution in [0, 0.1) is 0 Å². The first kappa shape index (κ1) is 11.3. The van der Waals surface area contributed by atoms with Crippen LogP contribution in [0.2, 0.25) is 0 Å². The second-order valence-corrected chi connectivity index (χ2v) is 4.53. The van der Waals surface area contributed by atoms with E-state index in [0.29, 0.717) is 0 Å². The number of halogens is 1. The van der Waals surface area contributed by atoms with E-state index in [9.17, 15) is 0 Å². The van der Waals surface area contributed by atoms with Gasteiger partial charge < -0.3 is 9.80 Å². The summed E-state index contributed by atoms with van der Waals surface area (Å²) in [6.45, 7) is 11.1. The van der Waals surface area contributed by atoms with Crippen molar-refractivity contribution in [1.82, 2.24) is 0 Å². The second-order valence-electron chi connectivity index (χ2n) is 4.16. The summed E-state index contributed by atoms with van der Waals surface area (Å²) in [4.78, 5) is 3.49. The molecule has 78 valence electrons. The third kappa shape index (κ3) is 3.45. The third-order valence-corrected chi connectivity index (χ3v) is 3.55. The molecule has 1 saturated heterocycles. The Morgan fingerprint density at radius 3 is 2.31 bits per heavy atom. The minimum atomic E-state index is 0.813. The van der Waals surface area contributed by atoms with Crippen LogP contribution in [0.15, 0.2) is 0 Å². The van der Waals surface area contributed by atoms with Crippen molar-refractivity contribution >= 4 is 11.6 Å². The number of hydrogen-bond donors (Lipinski definition) is 2. The summed E-state index contributed by atoms with van der Waals surface area (Å²) in [5.41, 5.74) is 0. The van der Waals surface area contributed by atoms with E-state index in [-0.39, 0.29) is 0 Å². The zero-order chi connectivity index (χ0) is 9.68. The maximum atomic E-state index is 5.73. The molecule has 13 heavy (non-hydrogen) atoms. The van der Waals surface area contributed by atoms with Gasteiger partial charge in [0.25, 0.3) is 0 Å². The van der Waals surface area contributed by atoms with Crippen molar-refractivity contribution < 1.29 is 9.80 Å². The van der Waals surface area contributed by atoms with Crippen molar-refractivity contribution in [1.29, 1.82) is 0 Å². The van der Waals surface area contributed by atoms with E-state index in [1.807, 2.05) is 0 Å². The molecule has 1 aliphatic heterocycles. The highest BCUT2D eigenvalue weighted by molar-refractivity contribution is 6.17. The molecular formula is C10H23ClN2+2. The predicted octanol–water partition coefficient (Wildman–Crippen LogP) is -1.19. The van der Waals surface area contributed by atoms with E-state index in [1.165, 1.54) is 32.6 Å². The summed E-state index contributed by atoms with van der Waals surface area (Å²) in [6.07, 6.45) is 1.31. The molecule has 0 spiro atoms. The predicted molar refractivity (Wildman–Crippen MR) is 56.7 cm³/mol. The molecular weight excluding hydrogens is 184 g/mol. The summed E-state index contributed by atoms with van der Waals surface area (Å²) >= 11 is 5.73. The lowest BCUT2D eigenvalue weighted by Crippen LogP contribution is -3.29. The molecule has 2 N–H and O–H groups in total. The van der Waals surface area contributed by atoms with Crippen LogP contribution in [-0.2, 0) is 0 Å². The summed E-state index contributed by atoms with van der Waals surface area (Å²) in [5, 5.41) is 0. The monoisotopic (exact) mass is 206 g/mol. The maximum absolute atomic E-state index is 5.73. The van der Waals surface area contributed by atoms with Gasteiger partial charge in [0.05, 0.1) is 18.5 Å². The molecule has 0 aromatic rings. The van der Waals surface area contributed by atoms with Crippen molar-refractivity contribution in [2.45, 2.75) is 26.3 Å². The molecule has 0 radical (unpaired) electrons. The standard InChI is InChI=1S/C10H21ClN2/c1-3-10(2)13-8-6-12(5-4-11)7-9-13/h10H,3-9H2,1-2H3/p+2/t10-/m0/s1. The Hall–Kier alpha value is 0.210. The van der Waals surface area contributed by atoms with Crippen molar-refractivity contribution in [2.24, 2.45) is 0 Å². The van der Waals surface area contributed by atoms with Gasteiger partial charge in [0, 0.05) is 0 Å². The van der Waals surface area contributed by atoms with Gasteiger partial charge in [-0.2, -0.15) is 0 Å². The largest absolute Gasteiger partial charge is 0.325 e. The van der Waals surface area contributed by atoms with E-state index in [4.69, 9.17) is 11.6 Å². The van der Waals surface area contributed by atoms with Gasteiger partial charge in [-0.3, -0.25) is 0 Å². The fourth-order valence-corrected chi connectivity index (χ4v) is 2.36. The second kappa shape index (κ2) is 5.84. The van der Waals surface area contributed by atoms with Crippen molar-refractivity contribution in [3.05, 3.63) is 0 Å². The van der Waals surface area contributed by atoms with Gasteiger partial charge in [0.15, 0.2) is 0 Å². The molecule has 1 rings (SSSR count). The Kier molecular flexibility index (Phi) is 5.07. The summed E-state index contributed by atoms with van der Waals surface area (Å²) in [7, 11) is 0. The van der Waals surface area contributed by atoms with Crippen LogP contribution in [0.4, 0.5) is 0 Å². The molecule has 1 heterocycles. The number of nitrogens with one attached hydrogen (secondary N) is 2. The molecule has 0 aliphatic carbocycles. The molecule has 0 bridgehead atoms. The first-order valence-electron chi connectivity index (χ1n) is 5.52. The van der Waals surface area contributed by atoms with Gasteiger partial charge in [-0.05, 0) is 13.3 Å². The SMILES string of the molecule is CC[C@H](C)[NH+]1CC[NH+](CCCl)CC1. The molecule has 2 nitrogen and oxygen atoms in total. The average molecular weight is 207 g/mol. The minimum Gasteiger partial charge on any atom is -0.325 e. The number of quaternary nitrogens is 2. The van der Waals surface area contributed by atoms with Crippen LogP contribution >= 0.6 is 11.6 Å². The fourth-order valence-electron chi connectivity index (χ4n) is 2.09. The molecule has 0 aromatic heterocycles. The topological polar surface area (TPSA) is 8.88 Å². The molecule has 1 aliphatic rings. The lowest BCUT2D eigenvalue weighted by Gasteiger charge is -2.32. The summed E-state index contributed by atoms with van der Waals surface area (Å²) < 4.78 is 0. The molecule has 1 fully saturated rings. The molecule has 0 unspecified atom stereocenters. The zero-order valence-corrected chi connectivity index (χ0v) is 9.66. The van der Waals surface area contributed by atoms with E-state index in [1.54, 1.807) is 9.80 Å². The number of rotatable bonds is 4. The fraction of sp³-hybridized carbons (Fsp3) is 1.00. The van der Waals surface area contributed by atoms with Crippen molar-refractivity contribution in [3.8, 4) is 0 Å². The Balaban J connectivity index is 2.22. The van der Waals surface area contributed by atoms with E-state index in [2.05, 4.69) is 13.8 Å². The number of alkyl halides is 1. The van der Waals surface area contributed by atoms with Crippen LogP contribution in [0.25, 0.3) is 0 Å². The normalized spacial score (nSPS) is 31.6. The highest BCUT2D eigenvalue weighted by atomic mass is 35.5. The Morgan fingerprint density at radius 1 is 1.23 bits per heavy atom. The molecule has 0 amide bonds. The summed E-state index contributed by atoms with van der Waals surface area (Å²) in [6, 6.07) is 0.845. The molecule has 0 aromatic carbocycles. The molecule has 1 atom stereocenters. The van der Waals surface area contributed by atoms with Crippen LogP contribution in [0.5, 0.6) is 0 Å². The van der Waals surface area contributed by atoms with Gasteiger partial charge in [-0.25, -0.2) is 0 Å². The van der Waals surface area contributed by atoms with Gasteiger partial charge in [0.2, 0.25) is 0 Å². The highest BCUT2D eigenvalue weighted by Crippen LogP contribution is 1.81. The minimum absolute atomic E-state index is 0.813. The van der Waals surface area contributed by atoms with Crippen LogP contribution in [0.1, 0.15) is 20.3 Å². The van der Waals surface area contributed by atoms with Gasteiger partial charge >= 0.3 is 0 Å². The highest BCUT2D eigenvalue weighted by Gasteiger charge is 2.25. The van der Waals surface area contributed by atoms with Gasteiger partial charge in [-0.15, -0.1) is 11.6 Å². The third-order valence-electron chi connectivity index (χ3n) is 3.36. The van der Waals surface area contributed by atoms with Gasteiger partial charge in [0.1, 0.15) is 26.2 Å². The lowest BCUT2D eigenvalue weighted by atomic mass is 10.2. The first-order valence-corrected chi connectivity index (χ1v) is 6.05. The molecule has 3 heteroatoms. The molecule has 0 saturated carbocycles. The number of hydrogen-bond acceptors (Lipinski definition) is 0. The quantitative estimate of drug-likeness (QED) is 0.536. The first-order chi connectivity index (χ1) is 6.27. The average Bonchev–Trinajstić information content (AvgIpc) is 2.18. The number of piperazine rings is 1. The van der Waals surface area contributed by atoms with E-state index >= 15 is 0 Å². The Labute approximate surface area is 86.8 Å². The lowest BCUT2D eigenvalue weighted by molar-refractivity contribution is -1.02. The summed E-state index contributed by atoms with van der Waals surface area (Å²) in [5.74, 6) is 0.813. The van der Waals surface area contributed by atoms with Crippen molar-refractivity contribution in [2.75, 3.05) is 38.6 Å². The van der Waals surface area contributed by atoms with Crippen LogP contribution < -0.4 is 9.80 Å². The van der Waals surface area contributed by atoms with Crippen LogP contribution in [-0.4, -0.2) is 44.6 Å². The smallest absolute Gasteiger partial charge is 0.127 e. The maximum Gasteiger partial charge on any atom is 0.127 e. The Morgan fingerprint density at radius 2 is 1.85 bits per heavy atom. The zero-order valence-electron chi connectivity index (χ0n) is 8.91. The van der Waals surface area contributed by atoms with Gasteiger partial charge in [-0.1, -0.05) is 6.92 Å². The van der Waals surface area contributed by atoms with E-state index in [0.717, 1.165) is 18.5 Å². The van der Waals surface area contributed by atoms with Crippen LogP contribution in [0.3, 0.4) is 0 Å². The van der Waals surface area contributed by atoms with Crippen molar-refractivity contribution in [3.63, 3.8) is 0 Å². The van der Waals surface area contributed by atoms with E-state index < -0.39 is 0 Å².